The van der Waals surface area contributed by atoms with Crippen LogP contribution in [0.5, 0.6) is 0 Å². The fraction of sp³-hybridized carbons (Fsp3) is 0.167. The van der Waals surface area contributed by atoms with E-state index in [1.54, 1.807) is 0 Å². The lowest BCUT2D eigenvalue weighted by atomic mass is 10.1. The van der Waals surface area contributed by atoms with Crippen LogP contribution in [0.2, 0.25) is 0 Å². The van der Waals surface area contributed by atoms with Gasteiger partial charge in [0.15, 0.2) is 0 Å². The van der Waals surface area contributed by atoms with Crippen LogP contribution in [0.1, 0.15) is 12.0 Å². The van der Waals surface area contributed by atoms with Gasteiger partial charge in [-0.2, -0.15) is 5.10 Å². The molecule has 3 rings (SSSR count). The van der Waals surface area contributed by atoms with Crippen molar-refractivity contribution in [1.82, 2.24) is 5.32 Å². The number of nitrogens with one attached hydrogen (secondary N) is 1. The molecule has 0 radical (unpaired) electrons. The molecule has 2 aromatic rings. The Labute approximate surface area is 140 Å². The first-order valence-corrected chi connectivity index (χ1v) is 7.68. The van der Waals surface area contributed by atoms with E-state index in [2.05, 4.69) is 10.4 Å². The lowest BCUT2D eigenvalue weighted by Gasteiger charge is -2.20. The van der Waals surface area contributed by atoms with Crippen LogP contribution in [-0.4, -0.2) is 23.6 Å². The summed E-state index contributed by atoms with van der Waals surface area (Å²) < 4.78 is 0. The number of hydrogen-bond acceptors (Lipinski definition) is 4. The smallest absolute Gasteiger partial charge is 0.267 e. The molecule has 0 saturated carbocycles. The van der Waals surface area contributed by atoms with Crippen LogP contribution >= 0.6 is 0 Å². The maximum absolute atomic E-state index is 12.3. The van der Waals surface area contributed by atoms with Crippen molar-refractivity contribution in [3.05, 3.63) is 66.2 Å². The van der Waals surface area contributed by atoms with E-state index in [0.717, 1.165) is 11.3 Å². The maximum Gasteiger partial charge on any atom is 0.267 e. The van der Waals surface area contributed by atoms with E-state index in [1.165, 1.54) is 5.01 Å². The Balaban J connectivity index is 1.73. The lowest BCUT2D eigenvalue weighted by molar-refractivity contribution is -0.119. The van der Waals surface area contributed by atoms with E-state index >= 15 is 0 Å². The van der Waals surface area contributed by atoms with Crippen molar-refractivity contribution in [3.8, 4) is 0 Å². The van der Waals surface area contributed by atoms with Gasteiger partial charge < -0.3 is 11.1 Å². The van der Waals surface area contributed by atoms with Gasteiger partial charge in [0.05, 0.1) is 5.69 Å². The van der Waals surface area contributed by atoms with Crippen LogP contribution in [0.3, 0.4) is 0 Å². The van der Waals surface area contributed by atoms with E-state index in [9.17, 15) is 9.59 Å². The molecule has 1 unspecified atom stereocenters. The van der Waals surface area contributed by atoms with Gasteiger partial charge in [-0.15, -0.1) is 0 Å². The number of carbonyl (C=O) groups excluding carboxylic acids is 2. The number of nitrogens with two attached hydrogens (primary N) is 1. The molecule has 0 saturated heterocycles. The highest BCUT2D eigenvalue weighted by Crippen LogP contribution is 2.24. The Kier molecular flexibility index (Phi) is 4.56. The summed E-state index contributed by atoms with van der Waals surface area (Å²) in [5.74, 6) is -0.794. The van der Waals surface area contributed by atoms with Crippen molar-refractivity contribution in [2.45, 2.75) is 19.0 Å². The maximum atomic E-state index is 12.3. The molecule has 0 fully saturated rings. The number of nitrogens with zero attached hydrogens (tertiary/aromatic N) is 2. The zero-order valence-electron chi connectivity index (χ0n) is 13.1. The summed E-state index contributed by atoms with van der Waals surface area (Å²) in [6.07, 6.45) is 0.199. The van der Waals surface area contributed by atoms with Gasteiger partial charge in [-0.1, -0.05) is 48.5 Å². The molecular formula is C18H18N4O2. The summed E-state index contributed by atoms with van der Waals surface area (Å²) in [6.45, 7) is 0.408. The second-order valence-corrected chi connectivity index (χ2v) is 5.52. The number of anilines is 1. The van der Waals surface area contributed by atoms with E-state index < -0.39 is 11.9 Å². The molecule has 6 heteroatoms. The number of hydrazone groups is 1. The molecule has 3 N–H and O–H groups in total. The Morgan fingerprint density at radius 2 is 1.71 bits per heavy atom. The number of rotatable bonds is 5. The van der Waals surface area contributed by atoms with Crippen molar-refractivity contribution < 1.29 is 9.59 Å². The second kappa shape index (κ2) is 6.95. The third-order valence-corrected chi connectivity index (χ3v) is 3.82. The van der Waals surface area contributed by atoms with Gasteiger partial charge in [0, 0.05) is 13.0 Å². The highest BCUT2D eigenvalue weighted by molar-refractivity contribution is 6.40. The molecule has 1 aliphatic heterocycles. The molecule has 6 nitrogen and oxygen atoms in total. The first kappa shape index (κ1) is 15.7. The predicted octanol–water partition coefficient (Wildman–Crippen LogP) is 1.42. The van der Waals surface area contributed by atoms with Gasteiger partial charge in [0.25, 0.3) is 5.91 Å². The Morgan fingerprint density at radius 1 is 1.08 bits per heavy atom. The topological polar surface area (TPSA) is 87.8 Å². The van der Waals surface area contributed by atoms with Gasteiger partial charge in [-0.3, -0.25) is 14.6 Å². The van der Waals surface area contributed by atoms with Crippen LogP contribution < -0.4 is 16.1 Å². The molecule has 1 heterocycles. The minimum absolute atomic E-state index is 0.199. The van der Waals surface area contributed by atoms with Gasteiger partial charge in [0.1, 0.15) is 11.8 Å². The van der Waals surface area contributed by atoms with Crippen LogP contribution in [0, 0.1) is 0 Å². The van der Waals surface area contributed by atoms with Crippen molar-refractivity contribution in [2.75, 3.05) is 5.01 Å². The fourth-order valence-corrected chi connectivity index (χ4v) is 2.57. The van der Waals surface area contributed by atoms with Crippen molar-refractivity contribution in [2.24, 2.45) is 10.8 Å². The second-order valence-electron chi connectivity index (χ2n) is 5.52. The zero-order valence-corrected chi connectivity index (χ0v) is 13.1. The molecule has 1 atom stereocenters. The monoisotopic (exact) mass is 322 g/mol. The Bertz CT molecular complexity index is 759. The standard InChI is InChI=1S/C18H18N4O2/c19-17(23)16-11-15(21-22(16)14-9-5-2-6-10-14)18(24)20-12-13-7-3-1-4-8-13/h1-10,16H,11-12H2,(H2,19,23)(H,20,24). The van der Waals surface area contributed by atoms with Gasteiger partial charge in [-0.05, 0) is 17.7 Å². The van der Waals surface area contributed by atoms with Crippen LogP contribution in [0.25, 0.3) is 0 Å². The average molecular weight is 322 g/mol. The van der Waals surface area contributed by atoms with Crippen LogP contribution in [-0.2, 0) is 16.1 Å². The quantitative estimate of drug-likeness (QED) is 0.873. The average Bonchev–Trinajstić information content (AvgIpc) is 3.07. The SMILES string of the molecule is NC(=O)C1CC(C(=O)NCc2ccccc2)=NN1c1ccccc1. The summed E-state index contributed by atoms with van der Waals surface area (Å²) in [5.41, 5.74) is 7.50. The molecule has 0 spiro atoms. The zero-order chi connectivity index (χ0) is 16.9. The number of carbonyl (C=O) groups is 2. The van der Waals surface area contributed by atoms with Crippen molar-refractivity contribution in [1.29, 1.82) is 0 Å². The molecule has 1 aliphatic rings. The van der Waals surface area contributed by atoms with E-state index in [-0.39, 0.29) is 12.3 Å². The number of primary amides is 1. The van der Waals surface area contributed by atoms with Gasteiger partial charge in [0.2, 0.25) is 5.91 Å². The molecular weight excluding hydrogens is 304 g/mol. The molecule has 0 bridgehead atoms. The summed E-state index contributed by atoms with van der Waals surface area (Å²) in [5, 5.41) is 8.65. The van der Waals surface area contributed by atoms with E-state index in [4.69, 9.17) is 5.73 Å². The van der Waals surface area contributed by atoms with Crippen LogP contribution in [0.15, 0.2) is 65.8 Å². The first-order valence-electron chi connectivity index (χ1n) is 7.68. The highest BCUT2D eigenvalue weighted by Gasteiger charge is 2.34. The molecule has 2 amide bonds. The molecule has 0 aliphatic carbocycles. The number of benzene rings is 2. The summed E-state index contributed by atoms with van der Waals surface area (Å²) in [7, 11) is 0. The van der Waals surface area contributed by atoms with E-state index in [0.29, 0.717) is 12.3 Å². The fourth-order valence-electron chi connectivity index (χ4n) is 2.57. The van der Waals surface area contributed by atoms with Gasteiger partial charge >= 0.3 is 0 Å². The third-order valence-electron chi connectivity index (χ3n) is 3.82. The molecule has 0 aromatic heterocycles. The molecule has 24 heavy (non-hydrogen) atoms. The van der Waals surface area contributed by atoms with Crippen LogP contribution in [0.4, 0.5) is 5.69 Å². The normalized spacial score (nSPS) is 16.6. The minimum atomic E-state index is -0.648. The van der Waals surface area contributed by atoms with E-state index in [1.807, 2.05) is 60.7 Å². The first-order chi connectivity index (χ1) is 11.6. The lowest BCUT2D eigenvalue weighted by Crippen LogP contribution is -2.39. The largest absolute Gasteiger partial charge is 0.368 e. The number of amides is 2. The number of hydrogen-bond donors (Lipinski definition) is 2. The Hall–Kier alpha value is -3.15. The minimum Gasteiger partial charge on any atom is -0.368 e. The Morgan fingerprint density at radius 3 is 2.33 bits per heavy atom. The van der Waals surface area contributed by atoms with Crippen molar-refractivity contribution >= 4 is 23.2 Å². The highest BCUT2D eigenvalue weighted by atomic mass is 16.2. The third kappa shape index (κ3) is 3.43. The molecule has 122 valence electrons. The molecule has 2 aromatic carbocycles. The summed E-state index contributed by atoms with van der Waals surface area (Å²) in [4.78, 5) is 24.1. The number of para-hydroxylation sites is 1. The summed E-state index contributed by atoms with van der Waals surface area (Å²) in [6, 6.07) is 18.2. The summed E-state index contributed by atoms with van der Waals surface area (Å²) >= 11 is 0. The van der Waals surface area contributed by atoms with Gasteiger partial charge in [-0.25, -0.2) is 0 Å². The predicted molar refractivity (Wildman–Crippen MR) is 92.2 cm³/mol. The van der Waals surface area contributed by atoms with Crippen molar-refractivity contribution in [3.63, 3.8) is 0 Å².